The van der Waals surface area contributed by atoms with E-state index in [1.165, 1.54) is 11.1 Å². The van der Waals surface area contributed by atoms with Crippen LogP contribution in [-0.2, 0) is 0 Å². The van der Waals surface area contributed by atoms with Crippen molar-refractivity contribution in [3.63, 3.8) is 0 Å². The quantitative estimate of drug-likeness (QED) is 0.182. The van der Waals surface area contributed by atoms with Crippen molar-refractivity contribution in [3.05, 3.63) is 138 Å². The minimum Gasteiger partial charge on any atom is -0.454 e. The molecule has 5 nitrogen and oxygen atoms in total. The minimum absolute atomic E-state index is 0.162. The topological polar surface area (TPSA) is 57.0 Å². The molecular weight excluding hydrogens is 639 g/mol. The summed E-state index contributed by atoms with van der Waals surface area (Å²) < 4.78 is 41.1. The van der Waals surface area contributed by atoms with Crippen molar-refractivity contribution in [2.24, 2.45) is 0 Å². The zero-order valence-corrected chi connectivity index (χ0v) is 29.4. The molecule has 0 N–H and O–H groups in total. The monoisotopic (exact) mass is 678 g/mol. The zero-order chi connectivity index (χ0) is 37.7. The molecule has 0 fully saturated rings. The number of aromatic nitrogens is 3. The van der Waals surface area contributed by atoms with Crippen LogP contribution in [0.3, 0.4) is 0 Å². The third-order valence-electron chi connectivity index (χ3n) is 10.5. The van der Waals surface area contributed by atoms with Gasteiger partial charge in [0.05, 0.1) is 33.1 Å². The van der Waals surface area contributed by atoms with Crippen LogP contribution in [0.25, 0.3) is 94.1 Å². The van der Waals surface area contributed by atoms with Gasteiger partial charge in [-0.2, -0.15) is 0 Å². The van der Waals surface area contributed by atoms with Crippen LogP contribution in [0.1, 0.15) is 60.3 Å². The van der Waals surface area contributed by atoms with Crippen molar-refractivity contribution < 1.29 is 12.9 Å². The van der Waals surface area contributed by atoms with Crippen LogP contribution in [0.4, 0.5) is 0 Å². The SMILES string of the molecule is [2H]C([2H])([2H])c1ccc(-c2nc3ccc4ccccc4c3n2-c2c(C(C)C)cc(-c3ccccc3)cc2C(C)C)c2oc3cc4c(nc3c12)oc1ccccc14. The molecule has 5 heteroatoms. The van der Waals surface area contributed by atoms with E-state index in [0.717, 1.165) is 49.4 Å². The van der Waals surface area contributed by atoms with E-state index in [2.05, 4.69) is 105 Å². The Labute approximate surface area is 305 Å². The normalized spacial score (nSPS) is 13.4. The number of furan rings is 2. The maximum absolute atomic E-state index is 8.61. The van der Waals surface area contributed by atoms with Crippen molar-refractivity contribution in [1.29, 1.82) is 0 Å². The number of rotatable bonds is 5. The molecule has 0 aliphatic heterocycles. The molecule has 10 aromatic rings. The van der Waals surface area contributed by atoms with Crippen LogP contribution >= 0.6 is 0 Å². The number of hydrogen-bond acceptors (Lipinski definition) is 4. The summed E-state index contributed by atoms with van der Waals surface area (Å²) in [5.41, 5.74) is 10.9. The highest BCUT2D eigenvalue weighted by Crippen LogP contribution is 2.45. The molecule has 0 saturated heterocycles. The van der Waals surface area contributed by atoms with Gasteiger partial charge in [0, 0.05) is 14.9 Å². The number of hydrogen-bond donors (Lipinski definition) is 0. The van der Waals surface area contributed by atoms with Crippen LogP contribution in [0.5, 0.6) is 0 Å². The summed E-state index contributed by atoms with van der Waals surface area (Å²) in [5, 5.41) is 4.33. The van der Waals surface area contributed by atoms with Crippen molar-refractivity contribution in [2.45, 2.75) is 46.4 Å². The van der Waals surface area contributed by atoms with E-state index in [9.17, 15) is 0 Å². The maximum Gasteiger partial charge on any atom is 0.228 e. The predicted molar refractivity (Wildman–Crippen MR) is 215 cm³/mol. The summed E-state index contributed by atoms with van der Waals surface area (Å²) in [6, 6.07) is 41.0. The standard InChI is InChI=1S/C47H37N3O2/c1-26(2)35-23-31(29-13-7-6-8-14-29)24-36(27(3)4)43(35)50-44-32-16-10-9-15-30(32)20-22-38(44)48-46(50)34-21-19-28(5)41-42-40(51-45(34)41)25-37-33-17-11-12-18-39(33)52-47(37)49-42/h6-27H,1-5H3/i5D3. The Balaban J connectivity index is 1.36. The van der Waals surface area contributed by atoms with Gasteiger partial charge in [-0.15, -0.1) is 0 Å². The van der Waals surface area contributed by atoms with Crippen LogP contribution in [-0.4, -0.2) is 14.5 Å². The minimum atomic E-state index is -2.43. The lowest BCUT2D eigenvalue weighted by atomic mass is 9.88. The highest BCUT2D eigenvalue weighted by atomic mass is 16.3. The summed E-state index contributed by atoms with van der Waals surface area (Å²) in [5.74, 6) is 0.989. The second kappa shape index (κ2) is 11.4. The highest BCUT2D eigenvalue weighted by Gasteiger charge is 2.27. The lowest BCUT2D eigenvalue weighted by Gasteiger charge is -2.24. The molecule has 0 aliphatic carbocycles. The van der Waals surface area contributed by atoms with E-state index in [1.54, 1.807) is 6.07 Å². The Hall–Kier alpha value is -6.20. The smallest absolute Gasteiger partial charge is 0.228 e. The number of pyridine rings is 1. The van der Waals surface area contributed by atoms with E-state index in [4.69, 9.17) is 22.9 Å². The molecule has 10 rings (SSSR count). The Morgan fingerprint density at radius 3 is 2.13 bits per heavy atom. The number of nitrogens with zero attached hydrogens (tertiary/aromatic N) is 3. The van der Waals surface area contributed by atoms with Gasteiger partial charge in [0.1, 0.15) is 22.5 Å². The van der Waals surface area contributed by atoms with Gasteiger partial charge in [-0.25, -0.2) is 9.97 Å². The molecule has 0 aliphatic rings. The fourth-order valence-corrected chi connectivity index (χ4v) is 7.95. The average Bonchev–Trinajstić information content (AvgIpc) is 3.87. The lowest BCUT2D eigenvalue weighted by Crippen LogP contribution is -2.09. The second-order valence-electron chi connectivity index (χ2n) is 14.4. The molecule has 4 aromatic heterocycles. The molecule has 0 amide bonds. The Kier molecular flexibility index (Phi) is 6.04. The van der Waals surface area contributed by atoms with E-state index < -0.39 is 6.85 Å². The summed E-state index contributed by atoms with van der Waals surface area (Å²) in [6.07, 6.45) is 0. The molecule has 0 atom stereocenters. The van der Waals surface area contributed by atoms with Crippen molar-refractivity contribution in [1.82, 2.24) is 14.5 Å². The fourth-order valence-electron chi connectivity index (χ4n) is 7.95. The van der Waals surface area contributed by atoms with Gasteiger partial charge in [0.25, 0.3) is 0 Å². The molecule has 6 aromatic carbocycles. The molecule has 0 unspecified atom stereocenters. The number of fused-ring (bicyclic) bond motifs is 9. The largest absolute Gasteiger partial charge is 0.454 e. The third kappa shape index (κ3) is 4.48. The van der Waals surface area contributed by atoms with Gasteiger partial charge in [-0.05, 0) is 88.3 Å². The first-order valence-electron chi connectivity index (χ1n) is 19.4. The molecule has 4 heterocycles. The van der Waals surface area contributed by atoms with Gasteiger partial charge in [-0.1, -0.05) is 113 Å². The van der Waals surface area contributed by atoms with Gasteiger partial charge >= 0.3 is 0 Å². The molecule has 0 radical (unpaired) electrons. The Morgan fingerprint density at radius 1 is 0.635 bits per heavy atom. The lowest BCUT2D eigenvalue weighted by molar-refractivity contribution is 0.652. The first-order chi connectivity index (χ1) is 26.6. The maximum atomic E-state index is 8.61. The first kappa shape index (κ1) is 27.5. The molecule has 0 bridgehead atoms. The summed E-state index contributed by atoms with van der Waals surface area (Å²) in [7, 11) is 0. The van der Waals surface area contributed by atoms with E-state index in [-0.39, 0.29) is 17.4 Å². The number of imidazole rings is 1. The van der Waals surface area contributed by atoms with Crippen molar-refractivity contribution in [3.8, 4) is 28.2 Å². The number of para-hydroxylation sites is 1. The average molecular weight is 679 g/mol. The van der Waals surface area contributed by atoms with Gasteiger partial charge < -0.3 is 8.83 Å². The van der Waals surface area contributed by atoms with E-state index in [0.29, 0.717) is 44.8 Å². The molecule has 252 valence electrons. The molecule has 0 spiro atoms. The molecular formula is C47H37N3O2. The number of benzene rings is 6. The van der Waals surface area contributed by atoms with Crippen molar-refractivity contribution in [2.75, 3.05) is 0 Å². The summed E-state index contributed by atoms with van der Waals surface area (Å²) in [6.45, 7) is 6.52. The summed E-state index contributed by atoms with van der Waals surface area (Å²) >= 11 is 0. The predicted octanol–water partition coefficient (Wildman–Crippen LogP) is 13.3. The second-order valence-corrected chi connectivity index (χ2v) is 14.4. The Morgan fingerprint density at radius 2 is 1.37 bits per heavy atom. The van der Waals surface area contributed by atoms with Crippen LogP contribution in [0.15, 0.2) is 130 Å². The van der Waals surface area contributed by atoms with E-state index in [1.807, 2.05) is 42.5 Å². The van der Waals surface area contributed by atoms with Crippen LogP contribution < -0.4 is 0 Å². The van der Waals surface area contributed by atoms with Gasteiger partial charge in [0.15, 0.2) is 5.58 Å². The molecule has 0 saturated carbocycles. The summed E-state index contributed by atoms with van der Waals surface area (Å²) in [4.78, 5) is 10.4. The molecule has 52 heavy (non-hydrogen) atoms. The van der Waals surface area contributed by atoms with Gasteiger partial charge in [-0.3, -0.25) is 4.57 Å². The van der Waals surface area contributed by atoms with Crippen LogP contribution in [0.2, 0.25) is 0 Å². The Bertz CT molecular complexity index is 3120. The highest BCUT2D eigenvalue weighted by molar-refractivity contribution is 6.15. The number of aryl methyl sites for hydroxylation is 1. The zero-order valence-electron chi connectivity index (χ0n) is 32.4. The van der Waals surface area contributed by atoms with E-state index >= 15 is 0 Å². The van der Waals surface area contributed by atoms with Gasteiger partial charge in [0.2, 0.25) is 5.71 Å². The van der Waals surface area contributed by atoms with Crippen molar-refractivity contribution >= 4 is 65.9 Å². The third-order valence-corrected chi connectivity index (χ3v) is 10.5. The van der Waals surface area contributed by atoms with Crippen LogP contribution in [0, 0.1) is 6.85 Å². The fraction of sp³-hybridized carbons (Fsp3) is 0.149. The first-order valence-corrected chi connectivity index (χ1v) is 17.9.